The molecule has 2 N–H and O–H groups in total. The number of carbonyl (C=O) groups is 1. The lowest BCUT2D eigenvalue weighted by atomic mass is 9.96. The smallest absolute Gasteiger partial charge is 0.252 e. The summed E-state index contributed by atoms with van der Waals surface area (Å²) in [6, 6.07) is 0. The van der Waals surface area contributed by atoms with Crippen LogP contribution in [0.1, 0.15) is 40.6 Å². The monoisotopic (exact) mass is 288 g/mol. The predicted octanol–water partition coefficient (Wildman–Crippen LogP) is 2.39. The number of thiophene rings is 1. The summed E-state index contributed by atoms with van der Waals surface area (Å²) >= 11 is 1.75. The molecule has 0 fully saturated rings. The average molecular weight is 289 g/mol. The number of aryl methyl sites for hydroxylation is 1. The summed E-state index contributed by atoms with van der Waals surface area (Å²) in [5, 5.41) is 8.20. The van der Waals surface area contributed by atoms with Crippen molar-refractivity contribution in [3.8, 4) is 0 Å². The van der Waals surface area contributed by atoms with Crippen LogP contribution in [0.3, 0.4) is 0 Å². The predicted molar refractivity (Wildman–Crippen MR) is 79.1 cm³/mol. The van der Waals surface area contributed by atoms with Gasteiger partial charge in [0.15, 0.2) is 0 Å². The standard InChI is InChI=1S/C13H20N2OS.ClH/c1-2-14-7-8-15-13(16)11-9-17-12-6-4-3-5-10(11)12;/h9,14H,2-8H2,1H3,(H,15,16);1H. The molecule has 1 aromatic heterocycles. The van der Waals surface area contributed by atoms with Crippen LogP contribution < -0.4 is 10.6 Å². The van der Waals surface area contributed by atoms with Crippen molar-refractivity contribution < 1.29 is 4.79 Å². The maximum absolute atomic E-state index is 12.0. The molecule has 0 spiro atoms. The molecule has 1 aromatic rings. The van der Waals surface area contributed by atoms with Gasteiger partial charge < -0.3 is 10.6 Å². The minimum Gasteiger partial charge on any atom is -0.351 e. The molecule has 0 saturated heterocycles. The van der Waals surface area contributed by atoms with E-state index >= 15 is 0 Å². The van der Waals surface area contributed by atoms with Crippen LogP contribution in [-0.4, -0.2) is 25.5 Å². The lowest BCUT2D eigenvalue weighted by Gasteiger charge is -2.12. The Morgan fingerprint density at radius 3 is 2.89 bits per heavy atom. The topological polar surface area (TPSA) is 41.1 Å². The van der Waals surface area contributed by atoms with E-state index in [-0.39, 0.29) is 18.3 Å². The highest BCUT2D eigenvalue weighted by atomic mass is 35.5. The van der Waals surface area contributed by atoms with Gasteiger partial charge >= 0.3 is 0 Å². The summed E-state index contributed by atoms with van der Waals surface area (Å²) in [5.74, 6) is 0.0994. The summed E-state index contributed by atoms with van der Waals surface area (Å²) < 4.78 is 0. The van der Waals surface area contributed by atoms with Crippen LogP contribution in [0, 0.1) is 0 Å². The summed E-state index contributed by atoms with van der Waals surface area (Å²) in [4.78, 5) is 13.4. The Balaban J connectivity index is 0.00000162. The Morgan fingerprint density at radius 1 is 1.33 bits per heavy atom. The minimum absolute atomic E-state index is 0. The fourth-order valence-corrected chi connectivity index (χ4v) is 3.35. The van der Waals surface area contributed by atoms with Gasteiger partial charge in [-0.05, 0) is 37.8 Å². The second-order valence-corrected chi connectivity index (χ2v) is 5.33. The van der Waals surface area contributed by atoms with Gasteiger partial charge in [0.1, 0.15) is 0 Å². The third-order valence-electron chi connectivity index (χ3n) is 3.14. The Labute approximate surface area is 119 Å². The number of likely N-dealkylation sites (N-methyl/N-ethyl adjacent to an activating group) is 1. The van der Waals surface area contributed by atoms with Crippen molar-refractivity contribution in [2.75, 3.05) is 19.6 Å². The van der Waals surface area contributed by atoms with Crippen molar-refractivity contribution in [3.05, 3.63) is 21.4 Å². The van der Waals surface area contributed by atoms with Gasteiger partial charge in [-0.25, -0.2) is 0 Å². The van der Waals surface area contributed by atoms with Gasteiger partial charge in [0.2, 0.25) is 0 Å². The normalized spacial score (nSPS) is 13.6. The molecule has 102 valence electrons. The molecule has 0 unspecified atom stereocenters. The number of carbonyl (C=O) groups excluding carboxylic acids is 1. The van der Waals surface area contributed by atoms with Gasteiger partial charge in [-0.3, -0.25) is 4.79 Å². The molecule has 0 aliphatic heterocycles. The molecule has 0 radical (unpaired) electrons. The van der Waals surface area contributed by atoms with Gasteiger partial charge in [-0.2, -0.15) is 0 Å². The van der Waals surface area contributed by atoms with Crippen LogP contribution >= 0.6 is 23.7 Å². The largest absolute Gasteiger partial charge is 0.351 e. The summed E-state index contributed by atoms with van der Waals surface area (Å²) in [7, 11) is 0. The van der Waals surface area contributed by atoms with Crippen molar-refractivity contribution in [2.24, 2.45) is 0 Å². The molecule has 1 aliphatic rings. The first-order valence-corrected chi connectivity index (χ1v) is 7.29. The molecule has 0 aromatic carbocycles. The quantitative estimate of drug-likeness (QED) is 0.817. The van der Waals surface area contributed by atoms with Crippen LogP contribution in [0.2, 0.25) is 0 Å². The Bertz CT molecular complexity index is 392. The van der Waals surface area contributed by atoms with Gasteiger partial charge in [-0.1, -0.05) is 6.92 Å². The number of fused-ring (bicyclic) bond motifs is 1. The Kier molecular flexibility index (Phi) is 6.68. The van der Waals surface area contributed by atoms with Crippen LogP contribution in [0.15, 0.2) is 5.38 Å². The summed E-state index contributed by atoms with van der Waals surface area (Å²) in [6.45, 7) is 4.56. The molecule has 1 amide bonds. The molecule has 1 aliphatic carbocycles. The molecule has 3 nitrogen and oxygen atoms in total. The fraction of sp³-hybridized carbons (Fsp3) is 0.615. The van der Waals surface area contributed by atoms with E-state index in [0.29, 0.717) is 6.54 Å². The lowest BCUT2D eigenvalue weighted by molar-refractivity contribution is 0.0953. The molecule has 0 atom stereocenters. The summed E-state index contributed by atoms with van der Waals surface area (Å²) in [5.41, 5.74) is 2.23. The number of amides is 1. The number of nitrogens with one attached hydrogen (secondary N) is 2. The molecule has 5 heteroatoms. The highest BCUT2D eigenvalue weighted by Gasteiger charge is 2.19. The second-order valence-electron chi connectivity index (χ2n) is 4.37. The third kappa shape index (κ3) is 3.70. The van der Waals surface area contributed by atoms with E-state index in [1.165, 1.54) is 23.3 Å². The molecular formula is C13H21ClN2OS. The highest BCUT2D eigenvalue weighted by Crippen LogP contribution is 2.29. The van der Waals surface area contributed by atoms with Crippen molar-refractivity contribution in [2.45, 2.75) is 32.6 Å². The van der Waals surface area contributed by atoms with Crippen molar-refractivity contribution in [3.63, 3.8) is 0 Å². The molecule has 1 heterocycles. The van der Waals surface area contributed by atoms with Crippen molar-refractivity contribution >= 4 is 29.7 Å². The van der Waals surface area contributed by atoms with Crippen molar-refractivity contribution in [1.29, 1.82) is 0 Å². The maximum Gasteiger partial charge on any atom is 0.252 e. The molecule has 0 saturated carbocycles. The number of rotatable bonds is 5. The van der Waals surface area contributed by atoms with E-state index in [0.717, 1.165) is 31.5 Å². The number of hydrogen-bond acceptors (Lipinski definition) is 3. The van der Waals surface area contributed by atoms with Crippen LogP contribution in [-0.2, 0) is 12.8 Å². The lowest BCUT2D eigenvalue weighted by Crippen LogP contribution is -2.32. The number of halogens is 1. The molecule has 18 heavy (non-hydrogen) atoms. The summed E-state index contributed by atoms with van der Waals surface area (Å²) in [6.07, 6.45) is 4.73. The second kappa shape index (κ2) is 7.77. The van der Waals surface area contributed by atoms with Gasteiger partial charge in [-0.15, -0.1) is 23.7 Å². The first kappa shape index (κ1) is 15.5. The average Bonchev–Trinajstić information content (AvgIpc) is 2.78. The van der Waals surface area contributed by atoms with E-state index < -0.39 is 0 Å². The van der Waals surface area contributed by atoms with Crippen LogP contribution in [0.4, 0.5) is 0 Å². The van der Waals surface area contributed by atoms with Gasteiger partial charge in [0, 0.05) is 23.3 Å². The van der Waals surface area contributed by atoms with E-state index in [1.807, 2.05) is 5.38 Å². The Morgan fingerprint density at radius 2 is 2.11 bits per heavy atom. The Hall–Kier alpha value is -0.580. The molecule has 0 bridgehead atoms. The van der Waals surface area contributed by atoms with Gasteiger partial charge in [0.05, 0.1) is 5.56 Å². The first-order chi connectivity index (χ1) is 8.33. The maximum atomic E-state index is 12.0. The van der Waals surface area contributed by atoms with E-state index in [2.05, 4.69) is 17.6 Å². The van der Waals surface area contributed by atoms with E-state index in [4.69, 9.17) is 0 Å². The fourth-order valence-electron chi connectivity index (χ4n) is 2.22. The van der Waals surface area contributed by atoms with E-state index in [1.54, 1.807) is 11.3 Å². The highest BCUT2D eigenvalue weighted by molar-refractivity contribution is 7.10. The molecule has 2 rings (SSSR count). The van der Waals surface area contributed by atoms with Crippen LogP contribution in [0.25, 0.3) is 0 Å². The van der Waals surface area contributed by atoms with Crippen LogP contribution in [0.5, 0.6) is 0 Å². The third-order valence-corrected chi connectivity index (χ3v) is 4.23. The van der Waals surface area contributed by atoms with Gasteiger partial charge in [0.25, 0.3) is 5.91 Å². The van der Waals surface area contributed by atoms with Crippen molar-refractivity contribution in [1.82, 2.24) is 10.6 Å². The minimum atomic E-state index is 0. The zero-order chi connectivity index (χ0) is 12.1. The van der Waals surface area contributed by atoms with E-state index in [9.17, 15) is 4.79 Å². The zero-order valence-corrected chi connectivity index (χ0v) is 12.4. The first-order valence-electron chi connectivity index (χ1n) is 6.41. The zero-order valence-electron chi connectivity index (χ0n) is 10.8. The number of hydrogen-bond donors (Lipinski definition) is 2. The molecular weight excluding hydrogens is 268 g/mol. The SMILES string of the molecule is CCNCCNC(=O)c1csc2c1CCCC2.Cl.